The number of hydrogen-bond acceptors (Lipinski definition) is 5. The van der Waals surface area contributed by atoms with Crippen LogP contribution in [0.5, 0.6) is 0 Å². The first-order valence-electron chi connectivity index (χ1n) is 8.83. The summed E-state index contributed by atoms with van der Waals surface area (Å²) in [5, 5.41) is 20.5. The molecule has 2 unspecified atom stereocenters. The monoisotopic (exact) mass is 345 g/mol. The fraction of sp³-hybridized carbons (Fsp3) is 0.778. The first-order chi connectivity index (χ1) is 11.7. The molecular weight excluding hydrogens is 318 g/mol. The molecule has 3 amide bonds. The maximum Gasteiger partial charge on any atom is 0.326 e. The second-order valence-corrected chi connectivity index (χ2v) is 8.18. The Kier molecular flexibility index (Phi) is 5.69. The third kappa shape index (κ3) is 4.29. The molecule has 1 spiro atoms. The van der Waals surface area contributed by atoms with Crippen LogP contribution in [0.2, 0.25) is 0 Å². The quantitative estimate of drug-likeness (QED) is 0.744. The normalized spacial score (nSPS) is 28.1. The van der Waals surface area contributed by atoms with Gasteiger partial charge in [0.05, 0.1) is 18.8 Å². The highest BCUT2D eigenvalue weighted by Crippen LogP contribution is 2.46. The van der Waals surface area contributed by atoms with Gasteiger partial charge in [0.25, 0.3) is 5.91 Å². The predicted octanol–water partition coefficient (Wildman–Crippen LogP) is 2.21. The minimum absolute atomic E-state index is 0.00206. The Morgan fingerprint density at radius 3 is 2.32 bits per heavy atom. The van der Waals surface area contributed by atoms with E-state index in [1.807, 2.05) is 4.90 Å². The van der Waals surface area contributed by atoms with E-state index in [0.29, 0.717) is 44.7 Å². The molecule has 0 bridgehead atoms. The number of nitrogens with zero attached hydrogens (tertiary/aromatic N) is 4. The van der Waals surface area contributed by atoms with E-state index in [-0.39, 0.29) is 24.0 Å². The minimum Gasteiger partial charge on any atom is -0.323 e. The highest BCUT2D eigenvalue weighted by atomic mass is 16.2. The first-order valence-corrected chi connectivity index (χ1v) is 8.83. The second-order valence-electron chi connectivity index (χ2n) is 8.18. The van der Waals surface area contributed by atoms with Crippen LogP contribution in [0.4, 0.5) is 4.79 Å². The van der Waals surface area contributed by atoms with Crippen molar-refractivity contribution in [2.45, 2.75) is 58.4 Å². The average Bonchev–Trinajstić information content (AvgIpc) is 2.71. The number of nitriles is 2. The molecule has 2 atom stereocenters. The van der Waals surface area contributed by atoms with Crippen molar-refractivity contribution in [3.63, 3.8) is 0 Å². The molecule has 0 aromatic heterocycles. The number of amides is 3. The lowest BCUT2D eigenvalue weighted by Crippen LogP contribution is -2.54. The summed E-state index contributed by atoms with van der Waals surface area (Å²) < 4.78 is 0. The lowest BCUT2D eigenvalue weighted by atomic mass is 9.64. The van der Waals surface area contributed by atoms with E-state index in [0.717, 1.165) is 6.42 Å². The van der Waals surface area contributed by atoms with Gasteiger partial charge >= 0.3 is 6.03 Å². The standard InChI is InChI=1S/C18H27N5O2/c1-14-10-17(2,3)12-18(11-14)15(24)23(16(25)21-18)13-22(8-4-6-19)9-5-7-20/h14H,4-5,8-13H2,1-3H3,(H,21,25). The Morgan fingerprint density at radius 1 is 1.20 bits per heavy atom. The van der Waals surface area contributed by atoms with Gasteiger partial charge < -0.3 is 5.32 Å². The summed E-state index contributed by atoms with van der Waals surface area (Å²) >= 11 is 0. The van der Waals surface area contributed by atoms with E-state index in [1.165, 1.54) is 4.90 Å². The molecular formula is C18H27N5O2. The van der Waals surface area contributed by atoms with Crippen molar-refractivity contribution in [1.29, 1.82) is 10.5 Å². The van der Waals surface area contributed by atoms with Crippen LogP contribution in [0, 0.1) is 34.0 Å². The van der Waals surface area contributed by atoms with E-state index in [2.05, 4.69) is 38.2 Å². The van der Waals surface area contributed by atoms with Crippen molar-refractivity contribution in [1.82, 2.24) is 15.1 Å². The first kappa shape index (κ1) is 19.2. The lowest BCUT2D eigenvalue weighted by molar-refractivity contribution is -0.136. The number of imide groups is 1. The maximum absolute atomic E-state index is 13.1. The van der Waals surface area contributed by atoms with Crippen molar-refractivity contribution >= 4 is 11.9 Å². The highest BCUT2D eigenvalue weighted by molar-refractivity contribution is 6.07. The van der Waals surface area contributed by atoms with E-state index in [4.69, 9.17) is 10.5 Å². The molecule has 1 saturated heterocycles. The molecule has 0 aromatic carbocycles. The van der Waals surface area contributed by atoms with Crippen LogP contribution in [0.15, 0.2) is 0 Å². The van der Waals surface area contributed by atoms with Crippen LogP contribution in [-0.4, -0.2) is 47.0 Å². The third-order valence-corrected chi connectivity index (χ3v) is 5.05. The van der Waals surface area contributed by atoms with Gasteiger partial charge in [-0.1, -0.05) is 20.8 Å². The zero-order valence-corrected chi connectivity index (χ0v) is 15.3. The van der Waals surface area contributed by atoms with Crippen LogP contribution in [-0.2, 0) is 4.79 Å². The van der Waals surface area contributed by atoms with Gasteiger partial charge in [-0.25, -0.2) is 9.69 Å². The molecule has 1 aliphatic carbocycles. The second kappa shape index (κ2) is 7.41. The molecule has 1 heterocycles. The van der Waals surface area contributed by atoms with Crippen molar-refractivity contribution < 1.29 is 9.59 Å². The molecule has 1 aliphatic heterocycles. The van der Waals surface area contributed by atoms with E-state index < -0.39 is 5.54 Å². The zero-order chi connectivity index (χ0) is 18.7. The van der Waals surface area contributed by atoms with Gasteiger partial charge in [0, 0.05) is 25.9 Å². The number of nitrogens with one attached hydrogen (secondary N) is 1. The third-order valence-electron chi connectivity index (χ3n) is 5.05. The minimum atomic E-state index is -0.811. The summed E-state index contributed by atoms with van der Waals surface area (Å²) in [5.74, 6) is 0.192. The number of urea groups is 1. The van der Waals surface area contributed by atoms with Crippen molar-refractivity contribution in [3.05, 3.63) is 0 Å². The summed E-state index contributed by atoms with van der Waals surface area (Å²) in [4.78, 5) is 28.7. The fourth-order valence-electron chi connectivity index (χ4n) is 4.50. The zero-order valence-electron chi connectivity index (χ0n) is 15.3. The smallest absolute Gasteiger partial charge is 0.323 e. The van der Waals surface area contributed by atoms with Crippen LogP contribution in [0.3, 0.4) is 0 Å². The van der Waals surface area contributed by atoms with Crippen LogP contribution in [0.1, 0.15) is 52.9 Å². The maximum atomic E-state index is 13.1. The molecule has 7 nitrogen and oxygen atoms in total. The Bertz CT molecular complexity index is 600. The Labute approximate surface area is 149 Å². The molecule has 136 valence electrons. The molecule has 1 saturated carbocycles. The van der Waals surface area contributed by atoms with Crippen LogP contribution in [0.25, 0.3) is 0 Å². The van der Waals surface area contributed by atoms with Gasteiger partial charge in [-0.2, -0.15) is 10.5 Å². The van der Waals surface area contributed by atoms with Crippen molar-refractivity contribution in [2.24, 2.45) is 11.3 Å². The van der Waals surface area contributed by atoms with Gasteiger partial charge in [-0.15, -0.1) is 0 Å². The number of carbonyl (C=O) groups excluding carboxylic acids is 2. The molecule has 25 heavy (non-hydrogen) atoms. The number of rotatable bonds is 6. The number of carbonyl (C=O) groups is 2. The Hall–Kier alpha value is -2.12. The molecule has 0 radical (unpaired) electrons. The average molecular weight is 345 g/mol. The van der Waals surface area contributed by atoms with Crippen LogP contribution < -0.4 is 5.32 Å². The van der Waals surface area contributed by atoms with Gasteiger partial charge in [-0.05, 0) is 30.6 Å². The lowest BCUT2D eigenvalue weighted by Gasteiger charge is -2.44. The number of hydrogen-bond donors (Lipinski definition) is 1. The topological polar surface area (TPSA) is 100 Å². The molecule has 2 aliphatic rings. The fourth-order valence-corrected chi connectivity index (χ4v) is 4.50. The van der Waals surface area contributed by atoms with Gasteiger partial charge in [0.15, 0.2) is 0 Å². The molecule has 2 fully saturated rings. The van der Waals surface area contributed by atoms with Gasteiger partial charge in [0.1, 0.15) is 5.54 Å². The summed E-state index contributed by atoms with van der Waals surface area (Å²) in [6, 6.07) is 3.77. The molecule has 7 heteroatoms. The van der Waals surface area contributed by atoms with Gasteiger partial charge in [0.2, 0.25) is 0 Å². The van der Waals surface area contributed by atoms with Crippen molar-refractivity contribution in [3.8, 4) is 12.1 Å². The van der Waals surface area contributed by atoms with Gasteiger partial charge in [-0.3, -0.25) is 9.69 Å². The molecule has 2 rings (SSSR count). The summed E-state index contributed by atoms with van der Waals surface area (Å²) in [6.07, 6.45) is 2.93. The summed E-state index contributed by atoms with van der Waals surface area (Å²) in [5.41, 5.74) is -0.813. The van der Waals surface area contributed by atoms with Crippen molar-refractivity contribution in [2.75, 3.05) is 19.8 Å². The van der Waals surface area contributed by atoms with E-state index >= 15 is 0 Å². The molecule has 0 aromatic rings. The van der Waals surface area contributed by atoms with E-state index in [1.54, 1.807) is 0 Å². The SMILES string of the molecule is CC1CC(C)(C)CC2(C1)NC(=O)N(CN(CCC#N)CCC#N)C2=O. The Balaban J connectivity index is 2.14. The summed E-state index contributed by atoms with van der Waals surface area (Å²) in [7, 11) is 0. The Morgan fingerprint density at radius 2 is 1.80 bits per heavy atom. The van der Waals surface area contributed by atoms with E-state index in [9.17, 15) is 9.59 Å². The predicted molar refractivity (Wildman–Crippen MR) is 91.8 cm³/mol. The summed E-state index contributed by atoms with van der Waals surface area (Å²) in [6.45, 7) is 7.40. The molecule has 1 N–H and O–H groups in total. The van der Waals surface area contributed by atoms with Crippen LogP contribution >= 0.6 is 0 Å². The largest absolute Gasteiger partial charge is 0.326 e. The highest BCUT2D eigenvalue weighted by Gasteiger charge is 2.56.